The minimum absolute atomic E-state index is 0.0221. The van der Waals surface area contributed by atoms with Gasteiger partial charge in [-0.2, -0.15) is 0 Å². The molecule has 2 heterocycles. The van der Waals surface area contributed by atoms with Crippen molar-refractivity contribution in [3.63, 3.8) is 0 Å². The van der Waals surface area contributed by atoms with E-state index in [9.17, 15) is 29.1 Å². The van der Waals surface area contributed by atoms with E-state index >= 15 is 0 Å². The molecule has 0 aliphatic carbocycles. The van der Waals surface area contributed by atoms with Crippen LogP contribution in [0.3, 0.4) is 0 Å². The number of carbonyl (C=O) groups excluding carboxylic acids is 5. The number of piperazine rings is 1. The molecule has 15 nitrogen and oxygen atoms in total. The van der Waals surface area contributed by atoms with Gasteiger partial charge < -0.3 is 49.0 Å². The van der Waals surface area contributed by atoms with Gasteiger partial charge in [0.15, 0.2) is 6.10 Å². The molecule has 0 bridgehead atoms. The average molecular weight is 802 g/mol. The van der Waals surface area contributed by atoms with Crippen molar-refractivity contribution in [2.75, 3.05) is 69.7 Å². The Hall–Kier alpha value is -5.99. The lowest BCUT2D eigenvalue weighted by Gasteiger charge is -2.38. The number of hydrogen-bond acceptors (Lipinski definition) is 12. The highest BCUT2D eigenvalue weighted by Crippen LogP contribution is 2.26. The Labute approximate surface area is 339 Å². The fourth-order valence-electron chi connectivity index (χ4n) is 7.41. The van der Waals surface area contributed by atoms with Crippen molar-refractivity contribution >= 4 is 41.9 Å². The van der Waals surface area contributed by atoms with Gasteiger partial charge in [-0.05, 0) is 92.6 Å². The van der Waals surface area contributed by atoms with E-state index in [0.717, 1.165) is 28.9 Å². The summed E-state index contributed by atoms with van der Waals surface area (Å²) >= 11 is 0. The Bertz CT molecular complexity index is 1870. The lowest BCUT2D eigenvalue weighted by atomic mass is 10.0. The number of benzene rings is 3. The number of nitrogens with one attached hydrogen (secondary N) is 1. The lowest BCUT2D eigenvalue weighted by Crippen LogP contribution is -2.53. The largest absolute Gasteiger partial charge is 0.511 e. The Morgan fingerprint density at radius 1 is 0.897 bits per heavy atom. The number of nitrogens with zero attached hydrogens (tertiary/aromatic N) is 4. The molecule has 5 rings (SSSR count). The number of piperidine rings is 1. The van der Waals surface area contributed by atoms with Gasteiger partial charge in [0.05, 0.1) is 12.2 Å². The van der Waals surface area contributed by atoms with E-state index in [0.29, 0.717) is 76.2 Å². The van der Waals surface area contributed by atoms with Crippen LogP contribution in [0.4, 0.5) is 21.0 Å². The Morgan fingerprint density at radius 3 is 2.17 bits per heavy atom. The van der Waals surface area contributed by atoms with Crippen molar-refractivity contribution in [2.24, 2.45) is 0 Å². The maximum absolute atomic E-state index is 14.1. The summed E-state index contributed by atoms with van der Waals surface area (Å²) in [5.41, 5.74) is 5.36. The minimum Gasteiger partial charge on any atom is -0.507 e. The van der Waals surface area contributed by atoms with Crippen molar-refractivity contribution in [1.29, 1.82) is 0 Å². The zero-order chi connectivity index (χ0) is 41.8. The molecule has 3 aromatic rings. The summed E-state index contributed by atoms with van der Waals surface area (Å²) in [6, 6.07) is 18.4. The molecule has 3 amide bonds. The van der Waals surface area contributed by atoms with Crippen LogP contribution in [0.5, 0.6) is 5.75 Å². The van der Waals surface area contributed by atoms with Crippen molar-refractivity contribution < 1.29 is 48.0 Å². The standard InChI is InChI=1S/C43H55N5O10/c1-6-55-43(54)57-31(4)56-41(52)34-11-13-35(14-12-34)45-21-23-46(24-22-45)40(51)38(27-32-25-29(2)39(50)30(3)26-32)58-42(53)47-19-16-36(17-20-47)48(28-49)18-15-33-9-7-8-10-37(33)44-5/h7-14,25-26,28,31,36,38,44,50H,6,15-24,27H2,1-5H3/t31?,38-/m1/s1. The minimum atomic E-state index is -1.13. The normalized spacial score (nSPS) is 15.5. The van der Waals surface area contributed by atoms with Crippen molar-refractivity contribution in [3.8, 4) is 5.75 Å². The van der Waals surface area contributed by atoms with E-state index in [-0.39, 0.29) is 36.3 Å². The molecule has 2 atom stereocenters. The summed E-state index contributed by atoms with van der Waals surface area (Å²) < 4.78 is 20.8. The van der Waals surface area contributed by atoms with Gasteiger partial charge in [0, 0.05) is 83.6 Å². The summed E-state index contributed by atoms with van der Waals surface area (Å²) in [5.74, 6) is -0.786. The van der Waals surface area contributed by atoms with E-state index < -0.39 is 30.6 Å². The number of anilines is 2. The van der Waals surface area contributed by atoms with Crippen LogP contribution in [0, 0.1) is 13.8 Å². The molecule has 0 saturated carbocycles. The number of rotatable bonds is 15. The molecule has 2 saturated heterocycles. The van der Waals surface area contributed by atoms with Gasteiger partial charge in [-0.3, -0.25) is 9.59 Å². The predicted molar refractivity (Wildman–Crippen MR) is 217 cm³/mol. The highest BCUT2D eigenvalue weighted by atomic mass is 16.8. The second kappa shape index (κ2) is 20.4. The van der Waals surface area contributed by atoms with Gasteiger partial charge in [0.2, 0.25) is 12.7 Å². The van der Waals surface area contributed by atoms with Gasteiger partial charge in [-0.1, -0.05) is 30.3 Å². The van der Waals surface area contributed by atoms with Crippen molar-refractivity contribution in [3.05, 3.63) is 88.5 Å². The van der Waals surface area contributed by atoms with Crippen LogP contribution in [-0.2, 0) is 41.4 Å². The number of esters is 1. The number of ether oxygens (including phenoxy) is 4. The third-order valence-electron chi connectivity index (χ3n) is 10.6. The molecule has 1 unspecified atom stereocenters. The number of phenols is 1. The summed E-state index contributed by atoms with van der Waals surface area (Å²) in [6.07, 6.45) is -0.838. The summed E-state index contributed by atoms with van der Waals surface area (Å²) in [5, 5.41) is 13.6. The van der Waals surface area contributed by atoms with Crippen LogP contribution >= 0.6 is 0 Å². The highest BCUT2D eigenvalue weighted by molar-refractivity contribution is 5.90. The second-order valence-electron chi connectivity index (χ2n) is 14.5. The van der Waals surface area contributed by atoms with Crippen LogP contribution < -0.4 is 10.2 Å². The smallest absolute Gasteiger partial charge is 0.507 e. The quantitative estimate of drug-likeness (QED) is 0.0884. The highest BCUT2D eigenvalue weighted by Gasteiger charge is 2.34. The van der Waals surface area contributed by atoms with Gasteiger partial charge in [-0.15, -0.1) is 0 Å². The van der Waals surface area contributed by atoms with Crippen molar-refractivity contribution in [1.82, 2.24) is 14.7 Å². The monoisotopic (exact) mass is 801 g/mol. The van der Waals surface area contributed by atoms with Crippen LogP contribution in [0.1, 0.15) is 59.3 Å². The average Bonchev–Trinajstić information content (AvgIpc) is 3.23. The summed E-state index contributed by atoms with van der Waals surface area (Å²) in [4.78, 5) is 71.3. The molecule has 2 aliphatic heterocycles. The zero-order valence-corrected chi connectivity index (χ0v) is 34.0. The van der Waals surface area contributed by atoms with E-state index in [1.54, 1.807) is 67.0 Å². The van der Waals surface area contributed by atoms with E-state index in [1.807, 2.05) is 36.2 Å². The molecule has 58 heavy (non-hydrogen) atoms. The third-order valence-corrected chi connectivity index (χ3v) is 10.6. The molecule has 0 spiro atoms. The first kappa shape index (κ1) is 43.1. The summed E-state index contributed by atoms with van der Waals surface area (Å²) in [6.45, 7) is 9.84. The SMILES string of the molecule is CCOC(=O)OC(C)OC(=O)c1ccc(N2CCN(C(=O)[C@@H](Cc3cc(C)c(O)c(C)c3)OC(=O)N3CCC(N(C=O)CCc4ccccc4NC)CC3)CC2)cc1. The van der Waals surface area contributed by atoms with Crippen LogP contribution in [0.15, 0.2) is 60.7 Å². The first-order valence-corrected chi connectivity index (χ1v) is 19.8. The molecular formula is C43H55N5O10. The first-order chi connectivity index (χ1) is 27.9. The number of hydrogen-bond donors (Lipinski definition) is 2. The molecule has 0 radical (unpaired) electrons. The zero-order valence-electron chi connectivity index (χ0n) is 34.0. The van der Waals surface area contributed by atoms with Crippen LogP contribution in [0.25, 0.3) is 0 Å². The van der Waals surface area contributed by atoms with E-state index in [4.69, 9.17) is 18.9 Å². The Morgan fingerprint density at radius 2 is 1.55 bits per heavy atom. The fourth-order valence-corrected chi connectivity index (χ4v) is 7.41. The number of likely N-dealkylation sites (tertiary alicyclic amines) is 1. The number of amides is 3. The molecule has 0 aromatic heterocycles. The van der Waals surface area contributed by atoms with Gasteiger partial charge in [-0.25, -0.2) is 14.4 Å². The maximum atomic E-state index is 14.1. The molecule has 15 heteroatoms. The molecule has 2 aliphatic rings. The second-order valence-corrected chi connectivity index (χ2v) is 14.5. The first-order valence-electron chi connectivity index (χ1n) is 19.8. The Kier molecular flexibility index (Phi) is 15.2. The lowest BCUT2D eigenvalue weighted by molar-refractivity contribution is -0.141. The predicted octanol–water partition coefficient (Wildman–Crippen LogP) is 5.29. The Balaban J connectivity index is 1.18. The molecule has 312 valence electrons. The van der Waals surface area contributed by atoms with Crippen molar-refractivity contribution in [2.45, 2.75) is 71.8 Å². The number of para-hydroxylation sites is 1. The number of carbonyl (C=O) groups is 5. The number of phenolic OH excluding ortho intramolecular Hbond substituents is 1. The number of aromatic hydroxyl groups is 1. The van der Waals surface area contributed by atoms with Gasteiger partial charge in [0.25, 0.3) is 5.91 Å². The third kappa shape index (κ3) is 11.3. The molecular weight excluding hydrogens is 746 g/mol. The molecule has 3 aromatic carbocycles. The maximum Gasteiger partial charge on any atom is 0.511 e. The molecule has 2 N–H and O–H groups in total. The van der Waals surface area contributed by atoms with E-state index in [1.165, 1.54) is 6.92 Å². The summed E-state index contributed by atoms with van der Waals surface area (Å²) in [7, 11) is 1.87. The van der Waals surface area contributed by atoms with Crippen LogP contribution in [0.2, 0.25) is 0 Å². The van der Waals surface area contributed by atoms with Crippen LogP contribution in [-0.4, -0.2) is 128 Å². The van der Waals surface area contributed by atoms with Gasteiger partial charge in [0.1, 0.15) is 5.75 Å². The van der Waals surface area contributed by atoms with E-state index in [2.05, 4.69) is 10.2 Å². The topological polar surface area (TPSA) is 167 Å². The number of aryl methyl sites for hydroxylation is 2. The fraction of sp³-hybridized carbons (Fsp3) is 0.465. The molecule has 2 fully saturated rings. The van der Waals surface area contributed by atoms with Gasteiger partial charge >= 0.3 is 18.2 Å².